The third-order valence-corrected chi connectivity index (χ3v) is 6.78. The number of hydrogen-bond donors (Lipinski definition) is 2. The maximum absolute atomic E-state index is 13.8. The van der Waals surface area contributed by atoms with Crippen molar-refractivity contribution in [2.24, 2.45) is 5.92 Å². The molecule has 1 aliphatic heterocycles. The number of rotatable bonds is 13. The highest BCUT2D eigenvalue weighted by molar-refractivity contribution is 5.89. The number of hydrogen-bond acceptors (Lipinski definition) is 4. The molecule has 1 unspecified atom stereocenters. The Hall–Kier alpha value is -3.78. The average Bonchev–Trinajstić information content (AvgIpc) is 3.00. The SMILES string of the molecule is C=C/C=C(\C=C)CNC(=O)C(c1cccc(C(F)F)c1)N(CC1CCOCC1)C(=O)CCc1ccc(O)cc1.CC.[HH]. The number of alkyl halides is 2. The highest BCUT2D eigenvalue weighted by Gasteiger charge is 2.33. The van der Waals surface area contributed by atoms with Gasteiger partial charge in [-0.1, -0.05) is 75.6 Å². The first-order chi connectivity index (χ1) is 19.8. The number of benzene rings is 2. The lowest BCUT2D eigenvalue weighted by molar-refractivity contribution is -0.142. The molecule has 0 bridgehead atoms. The van der Waals surface area contributed by atoms with Crippen LogP contribution in [-0.4, -0.2) is 48.1 Å². The molecule has 1 aliphatic rings. The molecule has 41 heavy (non-hydrogen) atoms. The Labute approximate surface area is 243 Å². The Morgan fingerprint density at radius 2 is 1.78 bits per heavy atom. The molecule has 1 heterocycles. The van der Waals surface area contributed by atoms with Crippen LogP contribution in [0.15, 0.2) is 85.5 Å². The first-order valence-corrected chi connectivity index (χ1v) is 14.1. The van der Waals surface area contributed by atoms with Crippen molar-refractivity contribution in [2.75, 3.05) is 26.3 Å². The Morgan fingerprint density at radius 1 is 1.12 bits per heavy atom. The van der Waals surface area contributed by atoms with Gasteiger partial charge in [-0.2, -0.15) is 0 Å². The summed E-state index contributed by atoms with van der Waals surface area (Å²) in [6, 6.07) is 11.2. The van der Waals surface area contributed by atoms with Gasteiger partial charge in [0.1, 0.15) is 11.8 Å². The molecule has 3 rings (SSSR count). The maximum atomic E-state index is 13.8. The van der Waals surface area contributed by atoms with Crippen molar-refractivity contribution >= 4 is 11.8 Å². The van der Waals surface area contributed by atoms with E-state index in [1.165, 1.54) is 23.1 Å². The lowest BCUT2D eigenvalue weighted by Gasteiger charge is -2.35. The monoisotopic (exact) mass is 570 g/mol. The van der Waals surface area contributed by atoms with Gasteiger partial charge in [-0.15, -0.1) is 0 Å². The van der Waals surface area contributed by atoms with Gasteiger partial charge in [0.2, 0.25) is 11.8 Å². The molecule has 0 spiro atoms. The molecule has 1 atom stereocenters. The lowest BCUT2D eigenvalue weighted by Crippen LogP contribution is -2.46. The van der Waals surface area contributed by atoms with E-state index >= 15 is 0 Å². The second kappa shape index (κ2) is 17.8. The van der Waals surface area contributed by atoms with Crippen LogP contribution in [0.5, 0.6) is 5.75 Å². The van der Waals surface area contributed by atoms with Gasteiger partial charge >= 0.3 is 0 Å². The third kappa shape index (κ3) is 10.6. The van der Waals surface area contributed by atoms with Gasteiger partial charge in [-0.05, 0) is 60.1 Å². The Kier molecular flexibility index (Phi) is 14.5. The van der Waals surface area contributed by atoms with Gasteiger partial charge < -0.3 is 20.1 Å². The van der Waals surface area contributed by atoms with Crippen LogP contribution in [0.1, 0.15) is 63.7 Å². The summed E-state index contributed by atoms with van der Waals surface area (Å²) < 4.78 is 32.7. The molecule has 1 saturated heterocycles. The van der Waals surface area contributed by atoms with Gasteiger partial charge in [-0.3, -0.25) is 9.59 Å². The molecule has 2 aromatic carbocycles. The van der Waals surface area contributed by atoms with E-state index in [1.807, 2.05) is 13.8 Å². The highest BCUT2D eigenvalue weighted by Crippen LogP contribution is 2.30. The number of nitrogens with one attached hydrogen (secondary N) is 1. The number of nitrogens with zero attached hydrogens (tertiary/aromatic N) is 1. The number of amides is 2. The minimum Gasteiger partial charge on any atom is -0.508 e. The molecule has 224 valence electrons. The number of carbonyl (C=O) groups is 2. The Morgan fingerprint density at radius 3 is 2.39 bits per heavy atom. The van der Waals surface area contributed by atoms with Gasteiger partial charge in [-0.25, -0.2) is 8.78 Å². The number of phenols is 1. The molecule has 2 aromatic rings. The molecule has 0 aromatic heterocycles. The molecule has 0 radical (unpaired) electrons. The highest BCUT2D eigenvalue weighted by atomic mass is 19.3. The van der Waals surface area contributed by atoms with Crippen LogP contribution < -0.4 is 5.32 Å². The molecule has 1 fully saturated rings. The van der Waals surface area contributed by atoms with Crippen molar-refractivity contribution in [3.05, 3.63) is 102 Å². The first kappa shape index (κ1) is 33.4. The van der Waals surface area contributed by atoms with E-state index in [4.69, 9.17) is 4.74 Å². The molecule has 2 amide bonds. The van der Waals surface area contributed by atoms with Crippen LogP contribution in [0.2, 0.25) is 0 Å². The van der Waals surface area contributed by atoms with Crippen molar-refractivity contribution in [1.82, 2.24) is 10.2 Å². The van der Waals surface area contributed by atoms with E-state index in [9.17, 15) is 23.5 Å². The summed E-state index contributed by atoms with van der Waals surface area (Å²) in [5, 5.41) is 12.4. The summed E-state index contributed by atoms with van der Waals surface area (Å²) >= 11 is 0. The van der Waals surface area contributed by atoms with E-state index in [0.717, 1.165) is 18.4 Å². The molecular formula is C33H44F2N2O4. The van der Waals surface area contributed by atoms with E-state index < -0.39 is 18.4 Å². The van der Waals surface area contributed by atoms with Crippen LogP contribution >= 0.6 is 0 Å². The molecule has 2 N–H and O–H groups in total. The molecule has 0 saturated carbocycles. The summed E-state index contributed by atoms with van der Waals surface area (Å²) in [6.07, 6.45) is 4.14. The predicted molar refractivity (Wildman–Crippen MR) is 161 cm³/mol. The first-order valence-electron chi connectivity index (χ1n) is 14.1. The van der Waals surface area contributed by atoms with E-state index in [0.29, 0.717) is 37.3 Å². The summed E-state index contributed by atoms with van der Waals surface area (Å²) in [5.74, 6) is -0.494. The molecule has 6 nitrogen and oxygen atoms in total. The number of phenolic OH excluding ortho intramolecular Hbond substituents is 1. The zero-order valence-corrected chi connectivity index (χ0v) is 24.0. The van der Waals surface area contributed by atoms with Crippen molar-refractivity contribution in [3.8, 4) is 5.75 Å². The quantitative estimate of drug-likeness (QED) is 0.256. The summed E-state index contributed by atoms with van der Waals surface area (Å²) in [5.41, 5.74) is 1.68. The maximum Gasteiger partial charge on any atom is 0.263 e. The van der Waals surface area contributed by atoms with Gasteiger partial charge in [0.25, 0.3) is 6.43 Å². The fourth-order valence-electron chi connectivity index (χ4n) is 4.59. The molecule has 8 heteroatoms. The van der Waals surface area contributed by atoms with Crippen molar-refractivity contribution in [1.29, 1.82) is 0 Å². The standard InChI is InChI=1S/C31H36F2N2O4.C2H6.H2/c1-3-6-22(4-2)20-34-31(38)29(25-7-5-8-26(19-25)30(32)33)35(21-24-15-17-39-18-16-24)28(37)14-11-23-9-12-27(36)13-10-23;1-2;/h3-10,12-13,19,24,29-30,36H,1-2,11,14-18,20-21H2,(H,34,38);1-2H3;1H/b22-6+;;. The summed E-state index contributed by atoms with van der Waals surface area (Å²) in [6.45, 7) is 13.0. The minimum absolute atomic E-state index is 0. The predicted octanol–water partition coefficient (Wildman–Crippen LogP) is 6.95. The minimum atomic E-state index is -2.72. The van der Waals surface area contributed by atoms with E-state index in [-0.39, 0.29) is 37.5 Å². The van der Waals surface area contributed by atoms with Crippen LogP contribution in [-0.2, 0) is 20.7 Å². The van der Waals surface area contributed by atoms with Crippen molar-refractivity contribution in [2.45, 2.75) is 52.0 Å². The van der Waals surface area contributed by atoms with E-state index in [1.54, 1.807) is 48.6 Å². The molecular weight excluding hydrogens is 526 g/mol. The fourth-order valence-corrected chi connectivity index (χ4v) is 4.59. The van der Waals surface area contributed by atoms with Crippen LogP contribution in [0.3, 0.4) is 0 Å². The normalized spacial score (nSPS) is 14.4. The van der Waals surface area contributed by atoms with Crippen molar-refractivity contribution < 1.29 is 29.6 Å². The number of ether oxygens (including phenoxy) is 1. The number of allylic oxidation sites excluding steroid dienone is 2. The topological polar surface area (TPSA) is 78.9 Å². The molecule has 0 aliphatic carbocycles. The fraction of sp³-hybridized carbons (Fsp3) is 0.394. The second-order valence-electron chi connectivity index (χ2n) is 9.54. The van der Waals surface area contributed by atoms with Gasteiger partial charge in [0.05, 0.1) is 0 Å². The smallest absolute Gasteiger partial charge is 0.263 e. The summed E-state index contributed by atoms with van der Waals surface area (Å²) in [4.78, 5) is 29.0. The second-order valence-corrected chi connectivity index (χ2v) is 9.54. The average molecular weight is 571 g/mol. The van der Waals surface area contributed by atoms with E-state index in [2.05, 4.69) is 18.5 Å². The van der Waals surface area contributed by atoms with Gasteiger partial charge in [0.15, 0.2) is 0 Å². The van der Waals surface area contributed by atoms with Crippen LogP contribution in [0.4, 0.5) is 8.78 Å². The Bertz CT molecular complexity index is 1160. The van der Waals surface area contributed by atoms with Crippen LogP contribution in [0.25, 0.3) is 0 Å². The van der Waals surface area contributed by atoms with Crippen molar-refractivity contribution in [3.63, 3.8) is 0 Å². The number of aromatic hydroxyl groups is 1. The largest absolute Gasteiger partial charge is 0.508 e. The Balaban J connectivity index is 0.00000288. The zero-order valence-electron chi connectivity index (χ0n) is 24.0. The third-order valence-electron chi connectivity index (χ3n) is 6.78. The van der Waals surface area contributed by atoms with Gasteiger partial charge in [0, 0.05) is 39.7 Å². The lowest BCUT2D eigenvalue weighted by atomic mass is 9.95. The van der Waals surface area contributed by atoms with Crippen LogP contribution in [0, 0.1) is 5.92 Å². The summed E-state index contributed by atoms with van der Waals surface area (Å²) in [7, 11) is 0. The zero-order chi connectivity index (χ0) is 30.2. The number of carbonyl (C=O) groups excluding carboxylic acids is 2. The number of halogens is 2. The number of aryl methyl sites for hydroxylation is 1.